The molecule has 0 radical (unpaired) electrons. The van der Waals surface area contributed by atoms with Gasteiger partial charge in [-0.2, -0.15) is 4.57 Å². The van der Waals surface area contributed by atoms with E-state index in [0.29, 0.717) is 0 Å². The first-order valence-corrected chi connectivity index (χ1v) is 8.70. The molecule has 2 aromatic heterocycles. The lowest BCUT2D eigenvalue weighted by Gasteiger charge is -2.15. The zero-order valence-corrected chi connectivity index (χ0v) is 15.1. The Bertz CT molecular complexity index is 1120. The van der Waals surface area contributed by atoms with Crippen LogP contribution >= 0.6 is 0 Å². The lowest BCUT2D eigenvalue weighted by Crippen LogP contribution is -2.44. The normalized spacial score (nSPS) is 12.4. The number of phenolic OH excluding ortho intramolecular Hbond substituents is 1. The minimum Gasteiger partial charge on any atom is -0.502 e. The van der Waals surface area contributed by atoms with Gasteiger partial charge >= 0.3 is 0 Å². The largest absolute Gasteiger partial charge is 0.502 e. The molecule has 4 aromatic rings. The highest BCUT2D eigenvalue weighted by Gasteiger charge is 2.24. The number of hydrogen-bond acceptors (Lipinski definition) is 3. The molecule has 130 valence electrons. The van der Waals surface area contributed by atoms with Crippen LogP contribution in [0.3, 0.4) is 0 Å². The summed E-state index contributed by atoms with van der Waals surface area (Å²) in [6.45, 7) is 5.96. The van der Waals surface area contributed by atoms with Gasteiger partial charge in [0.05, 0.1) is 5.39 Å². The molecule has 0 spiro atoms. The van der Waals surface area contributed by atoms with Crippen LogP contribution in [0.15, 0.2) is 60.7 Å². The summed E-state index contributed by atoms with van der Waals surface area (Å²) in [5.41, 5.74) is 3.58. The van der Waals surface area contributed by atoms with Crippen molar-refractivity contribution >= 4 is 21.8 Å². The van der Waals surface area contributed by atoms with Crippen molar-refractivity contribution in [1.29, 1.82) is 0 Å². The maximum absolute atomic E-state index is 10.4. The minimum atomic E-state index is -0.306. The number of hydrogen-bond donors (Lipinski definition) is 1. The van der Waals surface area contributed by atoms with Crippen molar-refractivity contribution in [3.8, 4) is 11.5 Å². The van der Waals surface area contributed by atoms with E-state index < -0.39 is 0 Å². The molecule has 0 aliphatic rings. The van der Waals surface area contributed by atoms with E-state index in [1.165, 1.54) is 0 Å². The predicted octanol–water partition coefficient (Wildman–Crippen LogP) is 4.60. The lowest BCUT2D eigenvalue weighted by molar-refractivity contribution is -0.732. The highest BCUT2D eigenvalue weighted by molar-refractivity contribution is 5.84. The van der Waals surface area contributed by atoms with E-state index in [2.05, 4.69) is 11.1 Å². The molecule has 1 unspecified atom stereocenters. The standard InChI is InChI=1S/C22H20N2O2/c1-14-10-12-17-6-5-9-20(21(17)23-14)26-16(3)24-15(2)11-13-18-7-4-8-19(25)22(18)24/h4-13,16H,1-3H3/p+1. The molecule has 4 nitrogen and oxygen atoms in total. The summed E-state index contributed by atoms with van der Waals surface area (Å²) in [7, 11) is 0. The Morgan fingerprint density at radius 3 is 2.50 bits per heavy atom. The molecule has 1 N–H and O–H groups in total. The number of aromatic nitrogens is 2. The first-order valence-electron chi connectivity index (χ1n) is 8.70. The minimum absolute atomic E-state index is 0.244. The van der Waals surface area contributed by atoms with Crippen LogP contribution in [0.5, 0.6) is 11.5 Å². The highest BCUT2D eigenvalue weighted by Crippen LogP contribution is 2.28. The molecule has 4 rings (SSSR count). The number of benzene rings is 2. The van der Waals surface area contributed by atoms with E-state index >= 15 is 0 Å². The maximum atomic E-state index is 10.4. The number of fused-ring (bicyclic) bond motifs is 2. The Hall–Kier alpha value is -3.14. The first kappa shape index (κ1) is 16.3. The van der Waals surface area contributed by atoms with Crippen molar-refractivity contribution in [2.75, 3.05) is 0 Å². The summed E-state index contributed by atoms with van der Waals surface area (Å²) in [6.07, 6.45) is -0.306. The fourth-order valence-corrected chi connectivity index (χ4v) is 3.43. The van der Waals surface area contributed by atoms with Crippen LogP contribution in [-0.2, 0) is 0 Å². The van der Waals surface area contributed by atoms with Crippen LogP contribution in [0.4, 0.5) is 0 Å². The average Bonchev–Trinajstić information content (AvgIpc) is 2.62. The van der Waals surface area contributed by atoms with Gasteiger partial charge in [0.1, 0.15) is 5.52 Å². The number of nitrogens with zero attached hydrogens (tertiary/aromatic N) is 2. The van der Waals surface area contributed by atoms with Crippen LogP contribution in [0.1, 0.15) is 24.5 Å². The van der Waals surface area contributed by atoms with Gasteiger partial charge in [0.2, 0.25) is 0 Å². The van der Waals surface area contributed by atoms with E-state index in [1.807, 2.05) is 73.9 Å². The highest BCUT2D eigenvalue weighted by atomic mass is 16.5. The Labute approximate surface area is 152 Å². The van der Waals surface area contributed by atoms with E-state index in [-0.39, 0.29) is 12.0 Å². The molecule has 0 saturated heterocycles. The van der Waals surface area contributed by atoms with Gasteiger partial charge in [0.15, 0.2) is 17.2 Å². The van der Waals surface area contributed by atoms with Crippen molar-refractivity contribution < 1.29 is 14.4 Å². The van der Waals surface area contributed by atoms with Crippen molar-refractivity contribution in [3.63, 3.8) is 0 Å². The molecule has 0 fully saturated rings. The summed E-state index contributed by atoms with van der Waals surface area (Å²) in [5, 5.41) is 12.4. The van der Waals surface area contributed by atoms with Crippen molar-refractivity contribution in [3.05, 3.63) is 72.1 Å². The molecule has 0 aliphatic heterocycles. The van der Waals surface area contributed by atoms with E-state index in [9.17, 15) is 5.11 Å². The Balaban J connectivity index is 1.83. The number of phenols is 1. The number of rotatable bonds is 3. The van der Waals surface area contributed by atoms with Gasteiger partial charge in [-0.05, 0) is 37.3 Å². The van der Waals surface area contributed by atoms with Crippen LogP contribution in [0, 0.1) is 13.8 Å². The molecule has 4 heteroatoms. The van der Waals surface area contributed by atoms with E-state index in [0.717, 1.165) is 38.9 Å². The average molecular weight is 345 g/mol. The molecule has 1 atom stereocenters. The maximum Gasteiger partial charge on any atom is 0.299 e. The third-order valence-electron chi connectivity index (χ3n) is 4.65. The van der Waals surface area contributed by atoms with Gasteiger partial charge in [0, 0.05) is 31.0 Å². The summed E-state index contributed by atoms with van der Waals surface area (Å²) < 4.78 is 8.32. The summed E-state index contributed by atoms with van der Waals surface area (Å²) in [4.78, 5) is 4.64. The molecule has 0 bridgehead atoms. The number of ether oxygens (including phenoxy) is 1. The molecule has 0 aliphatic carbocycles. The van der Waals surface area contributed by atoms with Crippen LogP contribution < -0.4 is 9.30 Å². The predicted molar refractivity (Wildman–Crippen MR) is 102 cm³/mol. The van der Waals surface area contributed by atoms with Crippen LogP contribution in [0.25, 0.3) is 21.8 Å². The van der Waals surface area contributed by atoms with Gasteiger partial charge in [-0.3, -0.25) is 0 Å². The molecule has 0 amide bonds. The van der Waals surface area contributed by atoms with Crippen LogP contribution in [0.2, 0.25) is 0 Å². The van der Waals surface area contributed by atoms with E-state index in [1.54, 1.807) is 6.07 Å². The second-order valence-electron chi connectivity index (χ2n) is 6.56. The third-order valence-corrected chi connectivity index (χ3v) is 4.65. The van der Waals surface area contributed by atoms with E-state index in [4.69, 9.17) is 4.74 Å². The third kappa shape index (κ3) is 2.73. The molecule has 0 saturated carbocycles. The fourth-order valence-electron chi connectivity index (χ4n) is 3.43. The molecule has 2 heterocycles. The van der Waals surface area contributed by atoms with Gasteiger partial charge in [-0.15, -0.1) is 0 Å². The first-order chi connectivity index (χ1) is 12.5. The zero-order chi connectivity index (χ0) is 18.3. The van der Waals surface area contributed by atoms with Gasteiger partial charge < -0.3 is 9.84 Å². The molecular weight excluding hydrogens is 324 g/mol. The van der Waals surface area contributed by atoms with Crippen molar-refractivity contribution in [1.82, 2.24) is 4.98 Å². The SMILES string of the molecule is Cc1ccc2cccc(OC(C)[n+]3c(C)ccc4cccc(O)c43)c2n1. The second-order valence-corrected chi connectivity index (χ2v) is 6.56. The summed E-state index contributed by atoms with van der Waals surface area (Å²) in [5.74, 6) is 0.978. The summed E-state index contributed by atoms with van der Waals surface area (Å²) >= 11 is 0. The van der Waals surface area contributed by atoms with Crippen molar-refractivity contribution in [2.45, 2.75) is 27.0 Å². The molecule has 26 heavy (non-hydrogen) atoms. The second kappa shape index (κ2) is 6.30. The van der Waals surface area contributed by atoms with Gasteiger partial charge in [0.25, 0.3) is 11.7 Å². The molecular formula is C22H21N2O2+. The molecule has 2 aromatic carbocycles. The topological polar surface area (TPSA) is 46.2 Å². The Kier molecular flexibility index (Phi) is 3.96. The quantitative estimate of drug-likeness (QED) is 0.552. The Morgan fingerprint density at radius 1 is 0.923 bits per heavy atom. The number of pyridine rings is 2. The number of para-hydroxylation sites is 2. The summed E-state index contributed by atoms with van der Waals surface area (Å²) in [6, 6.07) is 19.6. The van der Waals surface area contributed by atoms with Gasteiger partial charge in [-0.25, -0.2) is 4.98 Å². The van der Waals surface area contributed by atoms with Gasteiger partial charge in [-0.1, -0.05) is 24.3 Å². The smallest absolute Gasteiger partial charge is 0.299 e. The zero-order valence-electron chi connectivity index (χ0n) is 15.1. The lowest BCUT2D eigenvalue weighted by atomic mass is 10.1. The fraction of sp³-hybridized carbons (Fsp3) is 0.182. The number of aryl methyl sites for hydroxylation is 2. The Morgan fingerprint density at radius 2 is 1.65 bits per heavy atom. The number of aromatic hydroxyl groups is 1. The van der Waals surface area contributed by atoms with Crippen molar-refractivity contribution in [2.24, 2.45) is 0 Å². The van der Waals surface area contributed by atoms with Crippen LogP contribution in [-0.4, -0.2) is 10.1 Å². The monoisotopic (exact) mass is 345 g/mol.